The Morgan fingerprint density at radius 1 is 1.47 bits per heavy atom. The van der Waals surface area contributed by atoms with Gasteiger partial charge < -0.3 is 10.2 Å². The van der Waals surface area contributed by atoms with Crippen molar-refractivity contribution in [1.29, 1.82) is 0 Å². The summed E-state index contributed by atoms with van der Waals surface area (Å²) in [5.74, 6) is 1.41. The fraction of sp³-hybridized carbons (Fsp3) is 0.909. The number of rotatable bonds is 2. The van der Waals surface area contributed by atoms with E-state index < -0.39 is 0 Å². The van der Waals surface area contributed by atoms with Crippen LogP contribution in [0.25, 0.3) is 0 Å². The van der Waals surface area contributed by atoms with E-state index in [0.717, 1.165) is 12.3 Å². The Morgan fingerprint density at radius 3 is 3.07 bits per heavy atom. The summed E-state index contributed by atoms with van der Waals surface area (Å²) >= 11 is 2.07. The standard InChI is InChI=1S/C11H20N2OS/c1-12-8-11(14)13-6-7-15-10-5-3-2-4-9(10)13/h9-10,12H,2-8H2,1H3. The number of thioether (sulfide) groups is 1. The molecular formula is C11H20N2OS. The number of amides is 1. The van der Waals surface area contributed by atoms with Crippen LogP contribution in [0.1, 0.15) is 25.7 Å². The summed E-state index contributed by atoms with van der Waals surface area (Å²) < 4.78 is 0. The molecule has 1 aliphatic heterocycles. The molecule has 1 saturated carbocycles. The van der Waals surface area contributed by atoms with Gasteiger partial charge in [-0.15, -0.1) is 0 Å². The zero-order valence-electron chi connectivity index (χ0n) is 9.37. The summed E-state index contributed by atoms with van der Waals surface area (Å²) in [4.78, 5) is 14.0. The van der Waals surface area contributed by atoms with E-state index in [0.29, 0.717) is 17.8 Å². The van der Waals surface area contributed by atoms with Crippen LogP contribution < -0.4 is 5.32 Å². The van der Waals surface area contributed by atoms with Crippen LogP contribution in [0, 0.1) is 0 Å². The van der Waals surface area contributed by atoms with Crippen LogP contribution in [0.15, 0.2) is 0 Å². The minimum atomic E-state index is 0.287. The quantitative estimate of drug-likeness (QED) is 0.768. The third kappa shape index (κ3) is 2.48. The predicted octanol–water partition coefficient (Wildman–Crippen LogP) is 1.09. The highest BCUT2D eigenvalue weighted by Gasteiger charge is 2.35. The predicted molar refractivity (Wildman–Crippen MR) is 64.1 cm³/mol. The first-order chi connectivity index (χ1) is 7.33. The molecule has 1 N–H and O–H groups in total. The van der Waals surface area contributed by atoms with Gasteiger partial charge in [0.2, 0.25) is 5.91 Å². The molecule has 1 amide bonds. The second-order valence-electron chi connectivity index (χ2n) is 4.38. The SMILES string of the molecule is CNCC(=O)N1CCSC2CCCCC21. The zero-order chi connectivity index (χ0) is 10.7. The summed E-state index contributed by atoms with van der Waals surface area (Å²) in [6, 6.07) is 0.526. The van der Waals surface area contributed by atoms with E-state index in [4.69, 9.17) is 0 Å². The molecule has 2 atom stereocenters. The molecule has 0 radical (unpaired) electrons. The Hall–Kier alpha value is -0.220. The lowest BCUT2D eigenvalue weighted by atomic mass is 9.93. The number of carbonyl (C=O) groups is 1. The number of hydrogen-bond donors (Lipinski definition) is 1. The van der Waals surface area contributed by atoms with Crippen molar-refractivity contribution in [3.63, 3.8) is 0 Å². The van der Waals surface area contributed by atoms with Crippen LogP contribution >= 0.6 is 11.8 Å². The lowest BCUT2D eigenvalue weighted by Gasteiger charge is -2.43. The first kappa shape index (κ1) is 11.3. The van der Waals surface area contributed by atoms with E-state index >= 15 is 0 Å². The number of hydrogen-bond acceptors (Lipinski definition) is 3. The lowest BCUT2D eigenvalue weighted by Crippen LogP contribution is -2.53. The van der Waals surface area contributed by atoms with Gasteiger partial charge in [0.15, 0.2) is 0 Å². The van der Waals surface area contributed by atoms with Crippen LogP contribution in [0.5, 0.6) is 0 Å². The van der Waals surface area contributed by atoms with Crippen LogP contribution in [0.4, 0.5) is 0 Å². The van der Waals surface area contributed by atoms with Gasteiger partial charge in [0.25, 0.3) is 0 Å². The van der Waals surface area contributed by atoms with Gasteiger partial charge in [0, 0.05) is 23.6 Å². The van der Waals surface area contributed by atoms with Crippen molar-refractivity contribution in [2.24, 2.45) is 0 Å². The molecule has 2 fully saturated rings. The molecule has 1 saturated heterocycles. The summed E-state index contributed by atoms with van der Waals surface area (Å²) in [7, 11) is 1.84. The van der Waals surface area contributed by atoms with Crippen molar-refractivity contribution < 1.29 is 4.79 Å². The van der Waals surface area contributed by atoms with E-state index in [9.17, 15) is 4.79 Å². The molecule has 15 heavy (non-hydrogen) atoms. The molecule has 86 valence electrons. The molecule has 1 aliphatic carbocycles. The second kappa shape index (κ2) is 5.21. The minimum absolute atomic E-state index is 0.287. The van der Waals surface area contributed by atoms with E-state index in [1.54, 1.807) is 0 Å². The summed E-state index contributed by atoms with van der Waals surface area (Å²) in [5, 5.41) is 3.68. The van der Waals surface area contributed by atoms with Gasteiger partial charge in [0.1, 0.15) is 0 Å². The molecule has 2 aliphatic rings. The summed E-state index contributed by atoms with van der Waals surface area (Å²) in [5.41, 5.74) is 0. The molecule has 0 bridgehead atoms. The highest BCUT2D eigenvalue weighted by Crippen LogP contribution is 2.35. The third-order valence-electron chi connectivity index (χ3n) is 3.38. The smallest absolute Gasteiger partial charge is 0.236 e. The Labute approximate surface area is 96.0 Å². The molecule has 0 aromatic heterocycles. The maximum Gasteiger partial charge on any atom is 0.236 e. The van der Waals surface area contributed by atoms with Crippen molar-refractivity contribution in [3.05, 3.63) is 0 Å². The van der Waals surface area contributed by atoms with Crippen molar-refractivity contribution in [1.82, 2.24) is 10.2 Å². The summed E-state index contributed by atoms with van der Waals surface area (Å²) in [6.07, 6.45) is 5.17. The second-order valence-corrected chi connectivity index (χ2v) is 5.73. The Bertz CT molecular complexity index is 233. The average Bonchev–Trinajstić information content (AvgIpc) is 2.28. The number of fused-ring (bicyclic) bond motifs is 1. The number of nitrogens with one attached hydrogen (secondary N) is 1. The summed E-state index contributed by atoms with van der Waals surface area (Å²) in [6.45, 7) is 1.44. The number of likely N-dealkylation sites (N-methyl/N-ethyl adjacent to an activating group) is 1. The molecule has 3 nitrogen and oxygen atoms in total. The maximum absolute atomic E-state index is 11.9. The molecule has 4 heteroatoms. The van der Waals surface area contributed by atoms with Gasteiger partial charge in [0.05, 0.1) is 6.54 Å². The number of carbonyl (C=O) groups excluding carboxylic acids is 1. The Balaban J connectivity index is 2.00. The monoisotopic (exact) mass is 228 g/mol. The molecule has 1 heterocycles. The maximum atomic E-state index is 11.9. The molecule has 0 spiro atoms. The normalized spacial score (nSPS) is 31.1. The van der Waals surface area contributed by atoms with Crippen LogP contribution in [0.2, 0.25) is 0 Å². The van der Waals surface area contributed by atoms with Gasteiger partial charge in [-0.1, -0.05) is 12.8 Å². The third-order valence-corrected chi connectivity index (χ3v) is 4.78. The zero-order valence-corrected chi connectivity index (χ0v) is 10.2. The van der Waals surface area contributed by atoms with Gasteiger partial charge in [-0.05, 0) is 19.9 Å². The largest absolute Gasteiger partial charge is 0.337 e. The molecule has 0 aromatic rings. The molecule has 2 unspecified atom stereocenters. The van der Waals surface area contributed by atoms with Crippen LogP contribution in [0.3, 0.4) is 0 Å². The molecule has 2 rings (SSSR count). The molecular weight excluding hydrogens is 208 g/mol. The van der Waals surface area contributed by atoms with Crippen LogP contribution in [-0.2, 0) is 4.79 Å². The van der Waals surface area contributed by atoms with Gasteiger partial charge in [-0.2, -0.15) is 11.8 Å². The van der Waals surface area contributed by atoms with Gasteiger partial charge in [-0.3, -0.25) is 4.79 Å². The Kier molecular flexibility index (Phi) is 3.92. The van der Waals surface area contributed by atoms with E-state index in [1.165, 1.54) is 25.7 Å². The highest BCUT2D eigenvalue weighted by atomic mass is 32.2. The lowest BCUT2D eigenvalue weighted by molar-refractivity contribution is -0.132. The van der Waals surface area contributed by atoms with E-state index in [-0.39, 0.29) is 5.91 Å². The van der Waals surface area contributed by atoms with Crippen molar-refractivity contribution in [2.75, 3.05) is 25.9 Å². The minimum Gasteiger partial charge on any atom is -0.337 e. The number of nitrogens with zero attached hydrogens (tertiary/aromatic N) is 1. The van der Waals surface area contributed by atoms with E-state index in [2.05, 4.69) is 22.0 Å². The van der Waals surface area contributed by atoms with Gasteiger partial charge >= 0.3 is 0 Å². The van der Waals surface area contributed by atoms with Gasteiger partial charge in [-0.25, -0.2) is 0 Å². The van der Waals surface area contributed by atoms with Crippen molar-refractivity contribution >= 4 is 17.7 Å². The topological polar surface area (TPSA) is 32.3 Å². The fourth-order valence-electron chi connectivity index (χ4n) is 2.66. The molecule has 0 aromatic carbocycles. The van der Waals surface area contributed by atoms with Crippen LogP contribution in [-0.4, -0.2) is 48.0 Å². The first-order valence-electron chi connectivity index (χ1n) is 5.88. The Morgan fingerprint density at radius 2 is 2.27 bits per heavy atom. The van der Waals surface area contributed by atoms with Crippen molar-refractivity contribution in [2.45, 2.75) is 37.0 Å². The van der Waals surface area contributed by atoms with E-state index in [1.807, 2.05) is 7.05 Å². The highest BCUT2D eigenvalue weighted by molar-refractivity contribution is 8.00. The average molecular weight is 228 g/mol. The first-order valence-corrected chi connectivity index (χ1v) is 6.93. The van der Waals surface area contributed by atoms with Crippen molar-refractivity contribution in [3.8, 4) is 0 Å². The fourth-order valence-corrected chi connectivity index (χ4v) is 4.10.